The van der Waals surface area contributed by atoms with Crippen molar-refractivity contribution < 1.29 is 14.3 Å². The van der Waals surface area contributed by atoms with Gasteiger partial charge in [0, 0.05) is 0 Å². The number of nitrogens with zero attached hydrogens (tertiary/aromatic N) is 1. The number of fused-ring (bicyclic) bond motifs is 1. The fourth-order valence-electron chi connectivity index (χ4n) is 1.74. The molecule has 0 radical (unpaired) electrons. The fraction of sp³-hybridized carbons (Fsp3) is 0.400. The van der Waals surface area contributed by atoms with Gasteiger partial charge >= 0.3 is 5.97 Å². The Morgan fingerprint density at radius 3 is 2.71 bits per heavy atom. The molecule has 1 N–H and O–H groups in total. The Morgan fingerprint density at radius 1 is 1.33 bits per heavy atom. The number of benzene rings is 1. The van der Waals surface area contributed by atoms with Crippen molar-refractivity contribution in [1.82, 2.24) is 9.97 Å². The van der Waals surface area contributed by atoms with Gasteiger partial charge in [-0.2, -0.15) is 0 Å². The van der Waals surface area contributed by atoms with E-state index >= 15 is 0 Å². The van der Waals surface area contributed by atoms with E-state index in [0.29, 0.717) is 5.16 Å². The number of aromatic amines is 1. The van der Waals surface area contributed by atoms with Gasteiger partial charge in [-0.25, -0.2) is 4.98 Å². The second kappa shape index (κ2) is 6.30. The minimum Gasteiger partial charge on any atom is -0.465 e. The van der Waals surface area contributed by atoms with Gasteiger partial charge in [-0.05, 0) is 32.9 Å². The third kappa shape index (κ3) is 3.44. The van der Waals surface area contributed by atoms with E-state index in [0.717, 1.165) is 11.0 Å². The van der Waals surface area contributed by atoms with Crippen molar-refractivity contribution in [3.8, 4) is 0 Å². The first kappa shape index (κ1) is 15.6. The van der Waals surface area contributed by atoms with Crippen LogP contribution in [0.4, 0.5) is 0 Å². The topological polar surface area (TPSA) is 72.1 Å². The summed E-state index contributed by atoms with van der Waals surface area (Å²) in [5.41, 5.74) is 0.656. The number of aromatic nitrogens is 2. The third-order valence-corrected chi connectivity index (χ3v) is 4.06. The van der Waals surface area contributed by atoms with Crippen LogP contribution >= 0.6 is 11.8 Å². The minimum absolute atomic E-state index is 0.172. The van der Waals surface area contributed by atoms with Crippen LogP contribution in [0.1, 0.15) is 20.8 Å². The number of para-hydroxylation sites is 2. The maximum absolute atomic E-state index is 12.2. The molecule has 1 aromatic carbocycles. The van der Waals surface area contributed by atoms with Crippen molar-refractivity contribution in [2.24, 2.45) is 5.41 Å². The lowest BCUT2D eigenvalue weighted by atomic mass is 9.89. The monoisotopic (exact) mass is 306 g/mol. The van der Waals surface area contributed by atoms with E-state index in [4.69, 9.17) is 4.74 Å². The van der Waals surface area contributed by atoms with E-state index in [1.54, 1.807) is 20.8 Å². The van der Waals surface area contributed by atoms with Crippen LogP contribution in [0.2, 0.25) is 0 Å². The van der Waals surface area contributed by atoms with Crippen LogP contribution in [0, 0.1) is 5.41 Å². The Bertz CT molecular complexity index is 631. The van der Waals surface area contributed by atoms with Gasteiger partial charge < -0.3 is 9.72 Å². The Balaban J connectivity index is 2.01. The molecule has 0 aliphatic rings. The van der Waals surface area contributed by atoms with Gasteiger partial charge in [-0.15, -0.1) is 0 Å². The molecule has 21 heavy (non-hydrogen) atoms. The quantitative estimate of drug-likeness (QED) is 0.505. The molecule has 0 fully saturated rings. The van der Waals surface area contributed by atoms with Crippen molar-refractivity contribution in [1.29, 1.82) is 0 Å². The number of esters is 1. The highest BCUT2D eigenvalue weighted by atomic mass is 32.2. The summed E-state index contributed by atoms with van der Waals surface area (Å²) in [6.45, 7) is 5.17. The summed E-state index contributed by atoms with van der Waals surface area (Å²) in [5.74, 6) is -0.488. The lowest BCUT2D eigenvalue weighted by Gasteiger charge is -2.20. The van der Waals surface area contributed by atoms with Crippen LogP contribution in [0.5, 0.6) is 0 Å². The standard InChI is InChI=1S/C15H18N2O3S/c1-4-20-13(19)15(2,3)12(18)9-21-14-16-10-7-5-6-8-11(10)17-14/h5-8H,4,9H2,1-3H3,(H,16,17). The largest absolute Gasteiger partial charge is 0.465 e. The van der Waals surface area contributed by atoms with Crippen molar-refractivity contribution in [2.75, 3.05) is 12.4 Å². The van der Waals surface area contributed by atoms with Crippen molar-refractivity contribution in [3.63, 3.8) is 0 Å². The average molecular weight is 306 g/mol. The van der Waals surface area contributed by atoms with Crippen LogP contribution in [0.3, 0.4) is 0 Å². The fourth-order valence-corrected chi connectivity index (χ4v) is 2.71. The summed E-state index contributed by atoms with van der Waals surface area (Å²) in [5, 5.41) is 0.671. The van der Waals surface area contributed by atoms with Crippen LogP contribution in [-0.2, 0) is 14.3 Å². The highest BCUT2D eigenvalue weighted by Crippen LogP contribution is 2.25. The van der Waals surface area contributed by atoms with Crippen LogP contribution < -0.4 is 0 Å². The van der Waals surface area contributed by atoms with E-state index < -0.39 is 11.4 Å². The smallest absolute Gasteiger partial charge is 0.319 e. The number of imidazole rings is 1. The van der Waals surface area contributed by atoms with Gasteiger partial charge in [0.15, 0.2) is 10.9 Å². The van der Waals surface area contributed by atoms with Gasteiger partial charge in [-0.3, -0.25) is 9.59 Å². The van der Waals surface area contributed by atoms with Gasteiger partial charge in [0.05, 0.1) is 23.4 Å². The lowest BCUT2D eigenvalue weighted by Crippen LogP contribution is -2.36. The number of hydrogen-bond acceptors (Lipinski definition) is 5. The van der Waals surface area contributed by atoms with E-state index in [1.807, 2.05) is 24.3 Å². The number of Topliss-reactive ketones (excluding diaryl/α,β-unsaturated/α-hetero) is 1. The van der Waals surface area contributed by atoms with E-state index in [9.17, 15) is 9.59 Å². The molecule has 0 spiro atoms. The Labute approximate surface area is 127 Å². The zero-order chi connectivity index (χ0) is 15.5. The van der Waals surface area contributed by atoms with E-state index in [2.05, 4.69) is 9.97 Å². The molecule has 0 amide bonds. The number of H-pyrrole nitrogens is 1. The van der Waals surface area contributed by atoms with Gasteiger partial charge in [0.2, 0.25) is 0 Å². The van der Waals surface area contributed by atoms with Crippen molar-refractivity contribution in [2.45, 2.75) is 25.9 Å². The molecule has 2 rings (SSSR count). The molecule has 1 aromatic heterocycles. The predicted molar refractivity (Wildman–Crippen MR) is 82.2 cm³/mol. The number of ketones is 1. The Kier molecular flexibility index (Phi) is 4.67. The number of carbonyl (C=O) groups is 2. The molecule has 0 atom stereocenters. The molecule has 6 heteroatoms. The third-order valence-electron chi connectivity index (χ3n) is 3.19. The number of nitrogens with one attached hydrogen (secondary N) is 1. The maximum Gasteiger partial charge on any atom is 0.319 e. The SMILES string of the molecule is CCOC(=O)C(C)(C)C(=O)CSc1nc2ccccc2[nH]1. The summed E-state index contributed by atoms with van der Waals surface area (Å²) in [4.78, 5) is 31.5. The summed E-state index contributed by atoms with van der Waals surface area (Å²) >= 11 is 1.29. The van der Waals surface area contributed by atoms with Gasteiger partial charge in [0.25, 0.3) is 0 Å². The highest BCUT2D eigenvalue weighted by molar-refractivity contribution is 7.99. The Morgan fingerprint density at radius 2 is 2.05 bits per heavy atom. The molecular formula is C15H18N2O3S. The molecule has 0 bridgehead atoms. The molecular weight excluding hydrogens is 288 g/mol. The molecule has 0 unspecified atom stereocenters. The average Bonchev–Trinajstić information content (AvgIpc) is 2.87. The van der Waals surface area contributed by atoms with E-state index in [1.165, 1.54) is 11.8 Å². The first-order valence-corrected chi connectivity index (χ1v) is 7.71. The lowest BCUT2D eigenvalue weighted by molar-refractivity contribution is -0.157. The molecule has 0 saturated heterocycles. The molecule has 1 heterocycles. The minimum atomic E-state index is -1.13. The molecule has 5 nitrogen and oxygen atoms in total. The van der Waals surface area contributed by atoms with E-state index in [-0.39, 0.29) is 18.1 Å². The molecule has 0 saturated carbocycles. The van der Waals surface area contributed by atoms with Gasteiger partial charge in [-0.1, -0.05) is 23.9 Å². The summed E-state index contributed by atoms with van der Waals surface area (Å²) in [6.07, 6.45) is 0. The Hall–Kier alpha value is -1.82. The second-order valence-corrected chi connectivity index (χ2v) is 6.08. The second-order valence-electron chi connectivity index (χ2n) is 5.12. The zero-order valence-electron chi connectivity index (χ0n) is 12.3. The highest BCUT2D eigenvalue weighted by Gasteiger charge is 2.37. The van der Waals surface area contributed by atoms with Crippen LogP contribution in [0.25, 0.3) is 11.0 Å². The number of thioether (sulfide) groups is 1. The van der Waals surface area contributed by atoms with Gasteiger partial charge in [0.1, 0.15) is 5.41 Å². The maximum atomic E-state index is 12.2. The number of carbonyl (C=O) groups excluding carboxylic acids is 2. The predicted octanol–water partition coefficient (Wildman–Crippen LogP) is 2.81. The zero-order valence-corrected chi connectivity index (χ0v) is 13.1. The number of hydrogen-bond donors (Lipinski definition) is 1. The van der Waals surface area contributed by atoms with Crippen molar-refractivity contribution in [3.05, 3.63) is 24.3 Å². The number of ether oxygens (including phenoxy) is 1. The number of rotatable bonds is 6. The summed E-state index contributed by atoms with van der Waals surface area (Å²) in [7, 11) is 0. The molecule has 0 aliphatic heterocycles. The summed E-state index contributed by atoms with van der Waals surface area (Å²) in [6, 6.07) is 7.66. The first-order chi connectivity index (χ1) is 9.95. The normalized spacial score (nSPS) is 11.6. The molecule has 2 aromatic rings. The molecule has 0 aliphatic carbocycles. The van der Waals surface area contributed by atoms with Crippen LogP contribution in [-0.4, -0.2) is 34.1 Å². The summed E-state index contributed by atoms with van der Waals surface area (Å²) < 4.78 is 4.94. The first-order valence-electron chi connectivity index (χ1n) is 6.73. The molecule has 112 valence electrons. The van der Waals surface area contributed by atoms with Crippen LogP contribution in [0.15, 0.2) is 29.4 Å². The van der Waals surface area contributed by atoms with Crippen molar-refractivity contribution >= 4 is 34.5 Å².